The van der Waals surface area contributed by atoms with Gasteiger partial charge in [0.25, 0.3) is 0 Å². The SMILES string of the molecule is CS(=O)(=O)c1cc(OCCCN(Cc2ccccc2)Cc2cccc(C(F)(F)F)c2)ccc1CC(=O)O. The molecule has 0 unspecified atom stereocenters. The third-order valence-corrected chi connectivity index (χ3v) is 6.76. The summed E-state index contributed by atoms with van der Waals surface area (Å²) >= 11 is 0. The molecule has 1 N–H and O–H groups in total. The molecule has 0 aliphatic heterocycles. The molecular weight excluding hydrogens is 507 g/mol. The van der Waals surface area contributed by atoms with E-state index in [0.29, 0.717) is 37.4 Å². The average molecular weight is 536 g/mol. The van der Waals surface area contributed by atoms with E-state index < -0.39 is 34.0 Å². The van der Waals surface area contributed by atoms with Gasteiger partial charge in [0.1, 0.15) is 5.75 Å². The fourth-order valence-electron chi connectivity index (χ4n) is 3.92. The lowest BCUT2D eigenvalue weighted by Crippen LogP contribution is -2.25. The molecule has 198 valence electrons. The lowest BCUT2D eigenvalue weighted by atomic mass is 10.1. The van der Waals surface area contributed by atoms with Gasteiger partial charge in [-0.15, -0.1) is 0 Å². The monoisotopic (exact) mass is 535 g/mol. The van der Waals surface area contributed by atoms with E-state index in [1.807, 2.05) is 35.2 Å². The van der Waals surface area contributed by atoms with Crippen LogP contribution in [0.4, 0.5) is 13.2 Å². The maximum atomic E-state index is 13.2. The fourth-order valence-corrected chi connectivity index (χ4v) is 4.86. The molecule has 3 aromatic carbocycles. The maximum Gasteiger partial charge on any atom is 0.416 e. The summed E-state index contributed by atoms with van der Waals surface area (Å²) in [5.41, 5.74) is 1.04. The molecule has 0 bridgehead atoms. The molecule has 0 saturated carbocycles. The Morgan fingerprint density at radius 1 is 0.946 bits per heavy atom. The van der Waals surface area contributed by atoms with Gasteiger partial charge in [0, 0.05) is 25.9 Å². The number of hydrogen-bond acceptors (Lipinski definition) is 5. The summed E-state index contributed by atoms with van der Waals surface area (Å²) in [5, 5.41) is 9.03. The predicted octanol–water partition coefficient (Wildman–Crippen LogP) is 5.21. The van der Waals surface area contributed by atoms with Crippen molar-refractivity contribution in [1.29, 1.82) is 0 Å². The van der Waals surface area contributed by atoms with Crippen molar-refractivity contribution in [2.24, 2.45) is 0 Å². The minimum absolute atomic E-state index is 0.0948. The van der Waals surface area contributed by atoms with Crippen LogP contribution in [0.1, 0.15) is 28.7 Å². The Kier molecular flexibility index (Phi) is 9.34. The zero-order valence-electron chi connectivity index (χ0n) is 20.2. The zero-order valence-corrected chi connectivity index (χ0v) is 21.1. The van der Waals surface area contributed by atoms with Gasteiger partial charge in [-0.25, -0.2) is 8.42 Å². The van der Waals surface area contributed by atoms with Crippen molar-refractivity contribution < 1.29 is 36.2 Å². The molecule has 37 heavy (non-hydrogen) atoms. The molecule has 3 rings (SSSR count). The molecule has 3 aromatic rings. The number of hydrogen-bond donors (Lipinski definition) is 1. The number of nitrogens with zero attached hydrogens (tertiary/aromatic N) is 1. The van der Waals surface area contributed by atoms with E-state index in [1.165, 1.54) is 24.3 Å². The molecule has 0 aliphatic rings. The van der Waals surface area contributed by atoms with E-state index in [9.17, 15) is 26.4 Å². The first-order chi connectivity index (χ1) is 17.4. The Labute approximate surface area is 214 Å². The lowest BCUT2D eigenvalue weighted by Gasteiger charge is -2.23. The molecule has 0 atom stereocenters. The third-order valence-electron chi connectivity index (χ3n) is 5.58. The van der Waals surface area contributed by atoms with E-state index >= 15 is 0 Å². The van der Waals surface area contributed by atoms with E-state index in [0.717, 1.165) is 24.0 Å². The van der Waals surface area contributed by atoms with Crippen LogP contribution in [0.2, 0.25) is 0 Å². The van der Waals surface area contributed by atoms with E-state index in [2.05, 4.69) is 0 Å². The Balaban J connectivity index is 1.68. The van der Waals surface area contributed by atoms with Crippen LogP contribution in [0, 0.1) is 0 Å². The van der Waals surface area contributed by atoms with Crippen LogP contribution in [0.15, 0.2) is 77.7 Å². The molecule has 0 spiro atoms. The second kappa shape index (κ2) is 12.2. The quantitative estimate of drug-likeness (QED) is 0.321. The number of benzene rings is 3. The zero-order chi connectivity index (χ0) is 27.1. The second-order valence-electron chi connectivity index (χ2n) is 8.71. The van der Waals surface area contributed by atoms with Gasteiger partial charge in [0.05, 0.1) is 23.5 Å². The van der Waals surface area contributed by atoms with Crippen LogP contribution in [0.3, 0.4) is 0 Å². The summed E-state index contributed by atoms with van der Waals surface area (Å²) < 4.78 is 69.4. The number of ether oxygens (including phenoxy) is 1. The highest BCUT2D eigenvalue weighted by molar-refractivity contribution is 7.90. The van der Waals surface area contributed by atoms with Crippen molar-refractivity contribution in [1.82, 2.24) is 4.90 Å². The third kappa shape index (κ3) is 8.91. The minimum atomic E-state index is -4.42. The first-order valence-corrected chi connectivity index (χ1v) is 13.4. The number of carboxylic acids is 1. The first-order valence-electron chi connectivity index (χ1n) is 11.5. The summed E-state index contributed by atoms with van der Waals surface area (Å²) in [6.45, 7) is 1.58. The molecule has 0 aromatic heterocycles. The van der Waals surface area contributed by atoms with Gasteiger partial charge in [0.2, 0.25) is 0 Å². The second-order valence-corrected chi connectivity index (χ2v) is 10.7. The summed E-state index contributed by atoms with van der Waals surface area (Å²) in [6.07, 6.45) is -3.31. The van der Waals surface area contributed by atoms with Crippen LogP contribution in [-0.2, 0) is 40.3 Å². The normalized spacial score (nSPS) is 12.0. The highest BCUT2D eigenvalue weighted by Crippen LogP contribution is 2.30. The van der Waals surface area contributed by atoms with E-state index in [4.69, 9.17) is 9.84 Å². The summed E-state index contributed by atoms with van der Waals surface area (Å²) in [4.78, 5) is 13.0. The van der Waals surface area contributed by atoms with Crippen molar-refractivity contribution >= 4 is 15.8 Å². The van der Waals surface area contributed by atoms with Gasteiger partial charge < -0.3 is 9.84 Å². The maximum absolute atomic E-state index is 13.2. The van der Waals surface area contributed by atoms with Crippen molar-refractivity contribution in [3.63, 3.8) is 0 Å². The summed E-state index contributed by atoms with van der Waals surface area (Å²) in [5.74, 6) is -0.847. The average Bonchev–Trinajstić information content (AvgIpc) is 2.82. The molecule has 10 heteroatoms. The van der Waals surface area contributed by atoms with Crippen molar-refractivity contribution in [3.05, 3.63) is 95.1 Å². The van der Waals surface area contributed by atoms with Crippen LogP contribution in [-0.4, -0.2) is 43.8 Å². The number of rotatable bonds is 12. The van der Waals surface area contributed by atoms with Crippen LogP contribution >= 0.6 is 0 Å². The molecule has 0 radical (unpaired) electrons. The van der Waals surface area contributed by atoms with Gasteiger partial charge in [-0.1, -0.05) is 54.6 Å². The van der Waals surface area contributed by atoms with Gasteiger partial charge >= 0.3 is 12.1 Å². The van der Waals surface area contributed by atoms with Crippen LogP contribution in [0.5, 0.6) is 5.75 Å². The standard InChI is InChI=1S/C27H28F3NO5S/c1-37(34,35)25-17-24(12-11-22(25)16-26(32)33)36-14-6-13-31(18-20-7-3-2-4-8-20)19-21-9-5-10-23(15-21)27(28,29)30/h2-5,7-12,15,17H,6,13-14,16,18-19H2,1H3,(H,32,33). The van der Waals surface area contributed by atoms with Crippen molar-refractivity contribution in [2.75, 3.05) is 19.4 Å². The van der Waals surface area contributed by atoms with Gasteiger partial charge in [-0.2, -0.15) is 13.2 Å². The molecule has 0 amide bonds. The minimum Gasteiger partial charge on any atom is -0.494 e. The van der Waals surface area contributed by atoms with E-state index in [-0.39, 0.29) is 17.1 Å². The van der Waals surface area contributed by atoms with Crippen LogP contribution < -0.4 is 4.74 Å². The van der Waals surface area contributed by atoms with Gasteiger partial charge in [-0.3, -0.25) is 9.69 Å². The summed E-state index contributed by atoms with van der Waals surface area (Å²) in [7, 11) is -3.66. The van der Waals surface area contributed by atoms with Crippen molar-refractivity contribution in [2.45, 2.75) is 37.0 Å². The van der Waals surface area contributed by atoms with Gasteiger partial charge in [-0.05, 0) is 41.3 Å². The number of halogens is 3. The Morgan fingerprint density at radius 3 is 2.27 bits per heavy atom. The predicted molar refractivity (Wildman–Crippen MR) is 133 cm³/mol. The number of carboxylic acid groups (broad SMARTS) is 1. The number of alkyl halides is 3. The topological polar surface area (TPSA) is 83.9 Å². The Bertz CT molecular complexity index is 1310. The largest absolute Gasteiger partial charge is 0.494 e. The number of aliphatic carboxylic acids is 1. The molecule has 0 saturated heterocycles. The highest BCUT2D eigenvalue weighted by atomic mass is 32.2. The number of sulfone groups is 1. The number of carbonyl (C=O) groups is 1. The van der Waals surface area contributed by atoms with Gasteiger partial charge in [0.15, 0.2) is 9.84 Å². The molecule has 6 nitrogen and oxygen atoms in total. The summed E-state index contributed by atoms with van der Waals surface area (Å²) in [6, 6.07) is 19.1. The Morgan fingerprint density at radius 2 is 1.62 bits per heavy atom. The molecule has 0 aliphatic carbocycles. The van der Waals surface area contributed by atoms with E-state index in [1.54, 1.807) is 6.07 Å². The molecular formula is C27H28F3NO5S. The smallest absolute Gasteiger partial charge is 0.416 e. The molecule has 0 fully saturated rings. The Hall–Kier alpha value is -3.37. The lowest BCUT2D eigenvalue weighted by molar-refractivity contribution is -0.138. The first kappa shape index (κ1) is 28.2. The highest BCUT2D eigenvalue weighted by Gasteiger charge is 2.30. The molecule has 0 heterocycles. The van der Waals surface area contributed by atoms with Crippen molar-refractivity contribution in [3.8, 4) is 5.75 Å². The fraction of sp³-hybridized carbons (Fsp3) is 0.296. The van der Waals surface area contributed by atoms with Crippen LogP contribution in [0.25, 0.3) is 0 Å².